The molecule has 1 amide bonds. The van der Waals surface area contributed by atoms with Gasteiger partial charge in [-0.1, -0.05) is 12.1 Å². The summed E-state index contributed by atoms with van der Waals surface area (Å²) in [6, 6.07) is 8.11. The third kappa shape index (κ3) is 4.20. The predicted molar refractivity (Wildman–Crippen MR) is 85.0 cm³/mol. The minimum atomic E-state index is -4.62. The lowest BCUT2D eigenvalue weighted by Crippen LogP contribution is -2.41. The van der Waals surface area contributed by atoms with Crippen LogP contribution in [0.1, 0.15) is 17.5 Å². The first-order valence-electron chi connectivity index (χ1n) is 7.69. The average Bonchev–Trinajstić information content (AvgIpc) is 2.62. The fourth-order valence-electron chi connectivity index (χ4n) is 2.52. The minimum absolute atomic E-state index is 0.0195. The molecule has 1 saturated heterocycles. The van der Waals surface area contributed by atoms with E-state index in [2.05, 4.69) is 15.3 Å². The number of ether oxygens (including phenoxy) is 1. The number of aromatic nitrogens is 2. The second-order valence-corrected chi connectivity index (χ2v) is 5.60. The number of rotatable bonds is 3. The number of nitrogens with one attached hydrogen (secondary N) is 1. The van der Waals surface area contributed by atoms with Crippen molar-refractivity contribution in [3.05, 3.63) is 47.9 Å². The van der Waals surface area contributed by atoms with Crippen LogP contribution in [0, 0.1) is 0 Å². The number of morpholine rings is 1. The number of amides is 1. The van der Waals surface area contributed by atoms with Crippen LogP contribution in [-0.4, -0.2) is 45.8 Å². The number of benzene rings is 1. The highest BCUT2D eigenvalue weighted by atomic mass is 19.4. The molecule has 0 radical (unpaired) electrons. The van der Waals surface area contributed by atoms with E-state index >= 15 is 0 Å². The van der Waals surface area contributed by atoms with E-state index in [1.807, 2.05) is 0 Å². The lowest BCUT2D eigenvalue weighted by Gasteiger charge is -2.31. The predicted octanol–water partition coefficient (Wildman–Crippen LogP) is 3.29. The quantitative estimate of drug-likeness (QED) is 0.864. The third-order valence-electron chi connectivity index (χ3n) is 3.80. The molecule has 0 aliphatic carbocycles. The first-order chi connectivity index (χ1) is 12.3. The molecule has 0 saturated carbocycles. The summed E-state index contributed by atoms with van der Waals surface area (Å²) in [5.74, 6) is -1.20. The Balaban J connectivity index is 1.69. The smallest absolute Gasteiger partial charge is 0.451 e. The minimum Gasteiger partial charge on any atom is -0.465 e. The summed E-state index contributed by atoms with van der Waals surface area (Å²) in [4.78, 5) is 19.0. The molecule has 1 unspecified atom stereocenters. The van der Waals surface area contributed by atoms with Crippen molar-refractivity contribution in [2.75, 3.05) is 25.0 Å². The topological polar surface area (TPSA) is 87.6 Å². The van der Waals surface area contributed by atoms with Crippen molar-refractivity contribution in [1.82, 2.24) is 14.9 Å². The molecule has 1 aromatic carbocycles. The van der Waals surface area contributed by atoms with Crippen LogP contribution in [0.4, 0.5) is 29.5 Å². The van der Waals surface area contributed by atoms with Crippen molar-refractivity contribution in [1.29, 1.82) is 0 Å². The van der Waals surface area contributed by atoms with E-state index in [0.29, 0.717) is 18.8 Å². The van der Waals surface area contributed by atoms with Crippen LogP contribution in [0.2, 0.25) is 0 Å². The van der Waals surface area contributed by atoms with Gasteiger partial charge in [-0.3, -0.25) is 0 Å². The Morgan fingerprint density at radius 3 is 2.65 bits per heavy atom. The van der Waals surface area contributed by atoms with Crippen LogP contribution in [0.5, 0.6) is 0 Å². The van der Waals surface area contributed by atoms with Crippen molar-refractivity contribution in [3.8, 4) is 0 Å². The van der Waals surface area contributed by atoms with Crippen LogP contribution < -0.4 is 5.32 Å². The van der Waals surface area contributed by atoms with Crippen molar-refractivity contribution >= 4 is 17.6 Å². The maximum absolute atomic E-state index is 12.6. The van der Waals surface area contributed by atoms with Gasteiger partial charge in [0.15, 0.2) is 0 Å². The highest BCUT2D eigenvalue weighted by molar-refractivity contribution is 5.65. The van der Waals surface area contributed by atoms with E-state index < -0.39 is 18.1 Å². The SMILES string of the molecule is O=C(O)N1CCOC(c2ccc(Nc3ccnc(C(F)(F)F)n3)cc2)C1. The van der Waals surface area contributed by atoms with E-state index in [4.69, 9.17) is 9.84 Å². The molecule has 138 valence electrons. The van der Waals surface area contributed by atoms with Gasteiger partial charge in [0, 0.05) is 18.4 Å². The molecule has 0 spiro atoms. The lowest BCUT2D eigenvalue weighted by atomic mass is 10.1. The summed E-state index contributed by atoms with van der Waals surface area (Å²) in [7, 11) is 0. The fraction of sp³-hybridized carbons (Fsp3) is 0.312. The lowest BCUT2D eigenvalue weighted by molar-refractivity contribution is -0.144. The van der Waals surface area contributed by atoms with Gasteiger partial charge < -0.3 is 20.1 Å². The normalized spacial score (nSPS) is 17.8. The zero-order valence-electron chi connectivity index (χ0n) is 13.4. The Labute approximate surface area is 146 Å². The number of nitrogens with zero attached hydrogens (tertiary/aromatic N) is 3. The maximum Gasteiger partial charge on any atom is 0.451 e. The van der Waals surface area contributed by atoms with Crippen LogP contribution in [0.15, 0.2) is 36.5 Å². The van der Waals surface area contributed by atoms with E-state index in [0.717, 1.165) is 11.8 Å². The van der Waals surface area contributed by atoms with Crippen molar-refractivity contribution in [2.45, 2.75) is 12.3 Å². The molecule has 1 aliphatic heterocycles. The van der Waals surface area contributed by atoms with Gasteiger partial charge in [-0.25, -0.2) is 14.8 Å². The van der Waals surface area contributed by atoms with Crippen molar-refractivity contribution < 1.29 is 27.8 Å². The molecular weight excluding hydrogens is 353 g/mol. The maximum atomic E-state index is 12.6. The van der Waals surface area contributed by atoms with Gasteiger partial charge in [-0.05, 0) is 23.8 Å². The molecular formula is C16H15F3N4O3. The first-order valence-corrected chi connectivity index (χ1v) is 7.69. The number of anilines is 2. The highest BCUT2D eigenvalue weighted by Crippen LogP contribution is 2.28. The second-order valence-electron chi connectivity index (χ2n) is 5.60. The standard InChI is InChI=1S/C16H15F3N4O3/c17-16(18,19)14-20-6-5-13(22-14)21-11-3-1-10(2-4-11)12-9-23(15(24)25)7-8-26-12/h1-6,12H,7-9H2,(H,24,25)(H,20,21,22). The van der Waals surface area contributed by atoms with E-state index in [1.165, 1.54) is 11.0 Å². The Hall–Kier alpha value is -2.88. The first kappa shape index (κ1) is 17.9. The van der Waals surface area contributed by atoms with Crippen LogP contribution in [0.3, 0.4) is 0 Å². The number of halogens is 3. The number of hydrogen-bond acceptors (Lipinski definition) is 5. The summed E-state index contributed by atoms with van der Waals surface area (Å²) in [5, 5.41) is 11.8. The van der Waals surface area contributed by atoms with Gasteiger partial charge in [0.05, 0.1) is 13.2 Å². The van der Waals surface area contributed by atoms with E-state index in [9.17, 15) is 18.0 Å². The third-order valence-corrected chi connectivity index (χ3v) is 3.80. The number of carboxylic acid groups (broad SMARTS) is 1. The highest BCUT2D eigenvalue weighted by Gasteiger charge is 2.34. The molecule has 26 heavy (non-hydrogen) atoms. The molecule has 3 rings (SSSR count). The van der Waals surface area contributed by atoms with Crippen LogP contribution in [-0.2, 0) is 10.9 Å². The van der Waals surface area contributed by atoms with Gasteiger partial charge >= 0.3 is 12.3 Å². The van der Waals surface area contributed by atoms with E-state index in [1.54, 1.807) is 24.3 Å². The zero-order chi connectivity index (χ0) is 18.7. The fourth-order valence-corrected chi connectivity index (χ4v) is 2.52. The average molecular weight is 368 g/mol. The molecule has 0 bridgehead atoms. The number of carbonyl (C=O) groups is 1. The largest absolute Gasteiger partial charge is 0.465 e. The molecule has 1 aliphatic rings. The Morgan fingerprint density at radius 1 is 1.27 bits per heavy atom. The Morgan fingerprint density at radius 2 is 2.00 bits per heavy atom. The van der Waals surface area contributed by atoms with Gasteiger partial charge in [0.2, 0.25) is 5.82 Å². The van der Waals surface area contributed by atoms with Gasteiger partial charge in [-0.15, -0.1) is 0 Å². The van der Waals surface area contributed by atoms with Crippen molar-refractivity contribution in [2.24, 2.45) is 0 Å². The summed E-state index contributed by atoms with van der Waals surface area (Å²) in [6.07, 6.45) is -4.97. The second kappa shape index (κ2) is 7.16. The summed E-state index contributed by atoms with van der Waals surface area (Å²) < 4.78 is 43.5. The monoisotopic (exact) mass is 368 g/mol. The van der Waals surface area contributed by atoms with Gasteiger partial charge in [0.1, 0.15) is 11.9 Å². The molecule has 2 heterocycles. The van der Waals surface area contributed by atoms with E-state index in [-0.39, 0.29) is 18.5 Å². The van der Waals surface area contributed by atoms with Crippen LogP contribution in [0.25, 0.3) is 0 Å². The van der Waals surface area contributed by atoms with Gasteiger partial charge in [0.25, 0.3) is 0 Å². The van der Waals surface area contributed by atoms with Crippen LogP contribution >= 0.6 is 0 Å². The Bertz CT molecular complexity index is 783. The van der Waals surface area contributed by atoms with Gasteiger partial charge in [-0.2, -0.15) is 13.2 Å². The summed E-state index contributed by atoms with van der Waals surface area (Å²) in [6.45, 7) is 0.849. The zero-order valence-corrected chi connectivity index (χ0v) is 13.4. The summed E-state index contributed by atoms with van der Waals surface area (Å²) in [5.41, 5.74) is 1.31. The number of alkyl halides is 3. The number of hydrogen-bond donors (Lipinski definition) is 2. The van der Waals surface area contributed by atoms with Crippen molar-refractivity contribution in [3.63, 3.8) is 0 Å². The molecule has 1 fully saturated rings. The molecule has 7 nitrogen and oxygen atoms in total. The molecule has 1 aromatic heterocycles. The molecule has 1 atom stereocenters. The molecule has 10 heteroatoms. The Kier molecular flexibility index (Phi) is 4.94. The summed E-state index contributed by atoms with van der Waals surface area (Å²) >= 11 is 0. The molecule has 2 aromatic rings. The molecule has 2 N–H and O–H groups in total.